The molecule has 1 heterocycles. The number of nitrogens with zero attached hydrogens (tertiary/aromatic N) is 2. The van der Waals surface area contributed by atoms with Gasteiger partial charge in [0.1, 0.15) is 6.10 Å². The van der Waals surface area contributed by atoms with Crippen molar-refractivity contribution in [2.45, 2.75) is 139 Å². The average Bonchev–Trinajstić information content (AvgIpc) is 3.63. The number of hydrogen-bond acceptors (Lipinski definition) is 7. The van der Waals surface area contributed by atoms with E-state index in [1.807, 2.05) is 0 Å². The zero-order valence-corrected chi connectivity index (χ0v) is 35.0. The minimum atomic E-state index is -1.17. The summed E-state index contributed by atoms with van der Waals surface area (Å²) in [5.74, 6) is 0.905. The van der Waals surface area contributed by atoms with Crippen LogP contribution in [0.5, 0.6) is 0 Å². The molecule has 54 heavy (non-hydrogen) atoms. The molecule has 7 rings (SSSR count). The third-order valence-corrected chi connectivity index (χ3v) is 16.7. The summed E-state index contributed by atoms with van der Waals surface area (Å²) < 4.78 is 12.5. The number of hydrogen-bond donors (Lipinski definition) is 1. The number of rotatable bonds is 8. The number of esters is 1. The number of carbonyl (C=O) groups excluding carboxylic acids is 2. The van der Waals surface area contributed by atoms with Gasteiger partial charge in [0.25, 0.3) is 5.89 Å². The number of allylic oxidation sites excluding steroid dienone is 2. The van der Waals surface area contributed by atoms with Crippen LogP contribution in [0.3, 0.4) is 0 Å². The van der Waals surface area contributed by atoms with E-state index >= 15 is 0 Å². The molecule has 0 amide bonds. The van der Waals surface area contributed by atoms with Gasteiger partial charge in [-0.15, -0.1) is 10.2 Å². The van der Waals surface area contributed by atoms with Crippen LogP contribution in [-0.4, -0.2) is 39.1 Å². The number of carboxylic acids is 1. The van der Waals surface area contributed by atoms with E-state index in [0.29, 0.717) is 52.1 Å². The van der Waals surface area contributed by atoms with Gasteiger partial charge in [0.15, 0.2) is 5.78 Å². The van der Waals surface area contributed by atoms with Crippen LogP contribution in [0.4, 0.5) is 0 Å². The van der Waals surface area contributed by atoms with Crippen LogP contribution in [0.25, 0.3) is 11.5 Å². The second-order valence-electron chi connectivity index (χ2n) is 20.0. The van der Waals surface area contributed by atoms with Gasteiger partial charge in [-0.25, -0.2) is 0 Å². The number of aromatic nitrogens is 2. The monoisotopic (exact) mass is 780 g/mol. The lowest BCUT2D eigenvalue weighted by molar-refractivity contribution is -0.233. The van der Waals surface area contributed by atoms with Crippen LogP contribution in [0.2, 0.25) is 10.0 Å². The summed E-state index contributed by atoms with van der Waals surface area (Å²) >= 11 is 13.0. The van der Waals surface area contributed by atoms with Gasteiger partial charge in [0, 0.05) is 23.7 Å². The average molecular weight is 782 g/mol. The van der Waals surface area contributed by atoms with E-state index in [1.165, 1.54) is 5.57 Å². The molecule has 1 aromatic carbocycles. The van der Waals surface area contributed by atoms with Gasteiger partial charge in [-0.3, -0.25) is 14.4 Å². The lowest BCUT2D eigenvalue weighted by Crippen LogP contribution is -2.65. The van der Waals surface area contributed by atoms with Crippen molar-refractivity contribution in [2.24, 2.45) is 56.2 Å². The van der Waals surface area contributed by atoms with E-state index in [4.69, 9.17) is 32.4 Å². The Morgan fingerprint density at radius 2 is 1.63 bits per heavy atom. The molecule has 0 radical (unpaired) electrons. The van der Waals surface area contributed by atoms with Gasteiger partial charge < -0.3 is 14.3 Å². The Labute approximate surface area is 330 Å². The van der Waals surface area contributed by atoms with Crippen LogP contribution < -0.4 is 0 Å². The Morgan fingerprint density at radius 1 is 0.944 bits per heavy atom. The standard InChI is InChI=1S/C44H58Cl2N2O6/c1-24(2)34-28(49)21-44(22-32-47-48-37(54-32)35-26(45)11-10-12-27(35)46)20-19-42(8)25(36(34)44)13-14-30-41(7)17-16-31(53-33(50)23-39(3,4)38(51)52)40(5,6)29(41)15-18-43(30,42)9/h10-12,24-25,29-31H,13-23H2,1-9H3,(H,51,52)/t25-,29+,30-,31+,41+,42-,43-,44+/m1/s1. The first-order valence-corrected chi connectivity index (χ1v) is 20.8. The molecule has 1 aromatic heterocycles. The highest BCUT2D eigenvalue weighted by Crippen LogP contribution is 2.77. The van der Waals surface area contributed by atoms with E-state index in [2.05, 4.69) is 58.7 Å². The molecule has 0 aliphatic heterocycles. The summed E-state index contributed by atoms with van der Waals surface area (Å²) in [7, 11) is 0. The van der Waals surface area contributed by atoms with E-state index in [1.54, 1.807) is 32.0 Å². The van der Waals surface area contributed by atoms with Crippen molar-refractivity contribution in [1.29, 1.82) is 0 Å². The SMILES string of the molecule is CC(C)C1=C2[C@H]3CC[C@@H]4[C@@]5(C)CC[C@H](OC(=O)CC(C)(C)C(=O)O)C(C)(C)[C@@H]5CC[C@@]4(C)[C@]3(C)CC[C@@]2(Cc2nnc(-c3c(Cl)cccc3Cl)o2)CC1=O. The first-order valence-electron chi connectivity index (χ1n) is 20.1. The summed E-state index contributed by atoms with van der Waals surface area (Å²) in [6.45, 7) is 19.7. The van der Waals surface area contributed by atoms with Crippen LogP contribution in [0.1, 0.15) is 132 Å². The molecule has 0 spiro atoms. The molecule has 4 fully saturated rings. The van der Waals surface area contributed by atoms with Gasteiger partial charge in [-0.05, 0) is 123 Å². The Hall–Kier alpha value is -2.71. The van der Waals surface area contributed by atoms with Gasteiger partial charge >= 0.3 is 11.9 Å². The van der Waals surface area contributed by atoms with Crippen molar-refractivity contribution in [2.75, 3.05) is 0 Å². The maximum absolute atomic E-state index is 14.1. The van der Waals surface area contributed by atoms with Crippen LogP contribution in [0, 0.1) is 56.2 Å². The van der Waals surface area contributed by atoms with E-state index in [-0.39, 0.29) is 57.2 Å². The quantitative estimate of drug-likeness (QED) is 0.263. The summed E-state index contributed by atoms with van der Waals surface area (Å²) in [4.78, 5) is 39.0. The second kappa shape index (κ2) is 13.2. The number of Topliss-reactive ketones (excluding diaryl/α,β-unsaturated/α-hetero) is 1. The molecular formula is C44H58Cl2N2O6. The fourth-order valence-corrected chi connectivity index (χ4v) is 13.7. The fraction of sp³-hybridized carbons (Fsp3) is 0.705. The van der Waals surface area contributed by atoms with Gasteiger partial charge in [-0.1, -0.05) is 83.3 Å². The van der Waals surface area contributed by atoms with E-state index < -0.39 is 17.4 Å². The molecule has 0 unspecified atom stereocenters. The predicted octanol–water partition coefficient (Wildman–Crippen LogP) is 11.0. The number of ether oxygens (including phenoxy) is 1. The fourth-order valence-electron chi connectivity index (χ4n) is 13.2. The van der Waals surface area contributed by atoms with Crippen molar-refractivity contribution in [1.82, 2.24) is 10.2 Å². The first kappa shape index (κ1) is 39.5. The van der Waals surface area contributed by atoms with E-state index in [0.717, 1.165) is 56.9 Å². The van der Waals surface area contributed by atoms with Gasteiger partial charge in [0.05, 0.1) is 27.4 Å². The molecular weight excluding hydrogens is 723 g/mol. The van der Waals surface area contributed by atoms with Crippen molar-refractivity contribution in [3.8, 4) is 11.5 Å². The van der Waals surface area contributed by atoms with Crippen molar-refractivity contribution in [3.05, 3.63) is 45.3 Å². The number of carboxylic acid groups (broad SMARTS) is 1. The maximum atomic E-state index is 14.1. The second-order valence-corrected chi connectivity index (χ2v) is 20.8. The third-order valence-electron chi connectivity index (χ3n) is 16.1. The zero-order chi connectivity index (χ0) is 39.4. The first-order chi connectivity index (χ1) is 25.1. The van der Waals surface area contributed by atoms with Crippen LogP contribution in [0.15, 0.2) is 33.8 Å². The Kier molecular flexibility index (Phi) is 9.64. The van der Waals surface area contributed by atoms with Crippen molar-refractivity contribution >= 4 is 40.9 Å². The highest BCUT2D eigenvalue weighted by Gasteiger charge is 2.70. The molecule has 0 bridgehead atoms. The molecule has 294 valence electrons. The topological polar surface area (TPSA) is 120 Å². The molecule has 1 N–H and O–H groups in total. The third kappa shape index (κ3) is 5.84. The van der Waals surface area contributed by atoms with Crippen LogP contribution >= 0.6 is 23.2 Å². The number of benzene rings is 1. The predicted molar refractivity (Wildman–Crippen MR) is 209 cm³/mol. The lowest BCUT2D eigenvalue weighted by Gasteiger charge is -2.72. The van der Waals surface area contributed by atoms with Gasteiger partial charge in [-0.2, -0.15) is 0 Å². The van der Waals surface area contributed by atoms with Crippen molar-refractivity contribution < 1.29 is 28.6 Å². The summed E-state index contributed by atoms with van der Waals surface area (Å²) in [6.07, 6.45) is 8.51. The van der Waals surface area contributed by atoms with Gasteiger partial charge in [0.2, 0.25) is 5.89 Å². The number of carbonyl (C=O) groups is 3. The molecule has 4 saturated carbocycles. The molecule has 10 heteroatoms. The highest BCUT2D eigenvalue weighted by atomic mass is 35.5. The molecule has 2 aromatic rings. The number of halogens is 2. The Bertz CT molecular complexity index is 1890. The van der Waals surface area contributed by atoms with Crippen LogP contribution in [-0.2, 0) is 25.5 Å². The molecule has 8 nitrogen and oxygen atoms in total. The zero-order valence-electron chi connectivity index (χ0n) is 33.5. The molecule has 0 saturated heterocycles. The normalized spacial score (nSPS) is 36.0. The molecule has 8 atom stereocenters. The molecule has 5 aliphatic rings. The number of fused-ring (bicyclic) bond motifs is 7. The lowest BCUT2D eigenvalue weighted by atomic mass is 9.33. The minimum absolute atomic E-state index is 0.00550. The maximum Gasteiger partial charge on any atom is 0.309 e. The number of aliphatic carboxylic acids is 1. The Balaban J connectivity index is 1.18. The smallest absolute Gasteiger partial charge is 0.309 e. The highest BCUT2D eigenvalue weighted by molar-refractivity contribution is 6.38. The number of ketones is 1. The minimum Gasteiger partial charge on any atom is -0.481 e. The molecule has 5 aliphatic carbocycles. The van der Waals surface area contributed by atoms with E-state index in [9.17, 15) is 19.5 Å². The summed E-state index contributed by atoms with van der Waals surface area (Å²) in [6, 6.07) is 5.31. The largest absolute Gasteiger partial charge is 0.481 e. The van der Waals surface area contributed by atoms with Crippen molar-refractivity contribution in [3.63, 3.8) is 0 Å². The summed E-state index contributed by atoms with van der Waals surface area (Å²) in [5, 5.41) is 19.4. The Morgan fingerprint density at radius 3 is 2.28 bits per heavy atom. The summed E-state index contributed by atoms with van der Waals surface area (Å²) in [5.41, 5.74) is 1.24.